The molecule has 1 N–H and O–H groups in total. The van der Waals surface area contributed by atoms with Crippen molar-refractivity contribution in [1.82, 2.24) is 14.7 Å². The van der Waals surface area contributed by atoms with Crippen LogP contribution in [0.5, 0.6) is 0 Å². The van der Waals surface area contributed by atoms with Crippen molar-refractivity contribution in [3.63, 3.8) is 0 Å². The molecule has 2 unspecified atom stereocenters. The van der Waals surface area contributed by atoms with E-state index < -0.39 is 35.1 Å². The Hall–Kier alpha value is -2.97. The van der Waals surface area contributed by atoms with Crippen LogP contribution in [0.4, 0.5) is 0 Å². The molecule has 0 radical (unpaired) electrons. The Kier molecular flexibility index (Phi) is 9.20. The molecule has 3 saturated heterocycles. The Morgan fingerprint density at radius 1 is 1.15 bits per heavy atom. The van der Waals surface area contributed by atoms with E-state index >= 15 is 0 Å². The van der Waals surface area contributed by atoms with Crippen molar-refractivity contribution in [1.29, 1.82) is 0 Å². The molecule has 8 heteroatoms. The van der Waals surface area contributed by atoms with Gasteiger partial charge in [0.1, 0.15) is 11.6 Å². The number of likely N-dealkylation sites (N-methyl/N-ethyl adjacent to an activating group) is 1. The van der Waals surface area contributed by atoms with Gasteiger partial charge in [0.15, 0.2) is 0 Å². The highest BCUT2D eigenvalue weighted by Crippen LogP contribution is 2.65. The summed E-state index contributed by atoms with van der Waals surface area (Å²) in [6.45, 7) is 12.6. The van der Waals surface area contributed by atoms with Crippen LogP contribution in [0.3, 0.4) is 0 Å². The molecule has 8 nitrogen and oxygen atoms in total. The standard InChI is InChI=1S/C32H45N3O5/c1-6-10-20-34(19-8-3)30(39)27-32-17-16-31(9-4,40-32)25(28(37)33(5)18-7-2)26(32)29(38)35(27)24(22-36)21-23-14-12-11-13-15-23/h7-8,11-15,24-27,36H,2-3,6,9-10,16-22H2,1,4-5H3/t24-,25+,26+,27?,31-,32?/m1/s1. The van der Waals surface area contributed by atoms with E-state index in [0.29, 0.717) is 45.3 Å². The number of benzene rings is 1. The number of fused-ring (bicyclic) bond motifs is 1. The van der Waals surface area contributed by atoms with Crippen LogP contribution in [-0.4, -0.2) is 94.1 Å². The van der Waals surface area contributed by atoms with E-state index in [-0.39, 0.29) is 24.3 Å². The minimum atomic E-state index is -1.13. The summed E-state index contributed by atoms with van der Waals surface area (Å²) in [7, 11) is 1.72. The summed E-state index contributed by atoms with van der Waals surface area (Å²) in [5, 5.41) is 10.6. The predicted octanol–water partition coefficient (Wildman–Crippen LogP) is 3.20. The molecule has 6 atom stereocenters. The van der Waals surface area contributed by atoms with Crippen LogP contribution in [0.1, 0.15) is 51.5 Å². The highest BCUT2D eigenvalue weighted by atomic mass is 16.5. The van der Waals surface area contributed by atoms with Crippen LogP contribution in [0, 0.1) is 11.8 Å². The quantitative estimate of drug-likeness (QED) is 0.359. The number of carbonyl (C=O) groups is 3. The van der Waals surface area contributed by atoms with E-state index in [9.17, 15) is 19.5 Å². The van der Waals surface area contributed by atoms with Crippen molar-refractivity contribution in [3.05, 3.63) is 61.2 Å². The first kappa shape index (κ1) is 30.0. The minimum absolute atomic E-state index is 0.160. The number of aliphatic hydroxyl groups is 1. The molecule has 3 aliphatic heterocycles. The lowest BCUT2D eigenvalue weighted by molar-refractivity contribution is -0.157. The molecule has 40 heavy (non-hydrogen) atoms. The largest absolute Gasteiger partial charge is 0.394 e. The summed E-state index contributed by atoms with van der Waals surface area (Å²) < 4.78 is 6.90. The van der Waals surface area contributed by atoms with Crippen molar-refractivity contribution in [3.8, 4) is 0 Å². The van der Waals surface area contributed by atoms with Gasteiger partial charge in [0.25, 0.3) is 0 Å². The van der Waals surface area contributed by atoms with Gasteiger partial charge in [-0.2, -0.15) is 0 Å². The Morgan fingerprint density at radius 3 is 2.45 bits per heavy atom. The number of carbonyl (C=O) groups excluding carboxylic acids is 3. The first-order valence-electron chi connectivity index (χ1n) is 14.7. The summed E-state index contributed by atoms with van der Waals surface area (Å²) in [6, 6.07) is 8.09. The normalized spacial score (nSPS) is 29.2. The van der Waals surface area contributed by atoms with Gasteiger partial charge in [0.2, 0.25) is 17.7 Å². The van der Waals surface area contributed by atoms with Crippen molar-refractivity contribution < 1.29 is 24.2 Å². The average Bonchev–Trinajstić information content (AvgIpc) is 3.57. The molecular formula is C32H45N3O5. The third-order valence-corrected chi connectivity index (χ3v) is 9.26. The third kappa shape index (κ3) is 4.90. The number of hydrogen-bond acceptors (Lipinski definition) is 5. The lowest BCUT2D eigenvalue weighted by atomic mass is 9.64. The van der Waals surface area contributed by atoms with Gasteiger partial charge in [-0.25, -0.2) is 0 Å². The molecule has 3 fully saturated rings. The molecule has 3 aliphatic rings. The molecule has 4 rings (SSSR count). The molecule has 0 saturated carbocycles. The number of unbranched alkanes of at least 4 members (excludes halogenated alkanes) is 1. The molecule has 2 bridgehead atoms. The maximum atomic E-state index is 14.6. The zero-order valence-electron chi connectivity index (χ0n) is 24.3. The molecule has 218 valence electrons. The number of aliphatic hydroxyl groups excluding tert-OH is 1. The highest BCUT2D eigenvalue weighted by Gasteiger charge is 2.79. The van der Waals surface area contributed by atoms with Crippen LogP contribution in [0.25, 0.3) is 0 Å². The Labute approximate surface area is 238 Å². The molecule has 1 spiro atoms. The van der Waals surface area contributed by atoms with Gasteiger partial charge in [-0.05, 0) is 37.7 Å². The predicted molar refractivity (Wildman–Crippen MR) is 154 cm³/mol. The van der Waals surface area contributed by atoms with Gasteiger partial charge in [-0.3, -0.25) is 14.4 Å². The number of amides is 3. The first-order chi connectivity index (χ1) is 19.2. The van der Waals surface area contributed by atoms with Gasteiger partial charge >= 0.3 is 0 Å². The minimum Gasteiger partial charge on any atom is -0.394 e. The fourth-order valence-electron chi connectivity index (χ4n) is 7.33. The summed E-state index contributed by atoms with van der Waals surface area (Å²) >= 11 is 0. The van der Waals surface area contributed by atoms with Gasteiger partial charge < -0.3 is 24.5 Å². The van der Waals surface area contributed by atoms with Crippen molar-refractivity contribution in [2.45, 2.75) is 75.7 Å². The smallest absolute Gasteiger partial charge is 0.248 e. The topological polar surface area (TPSA) is 90.4 Å². The van der Waals surface area contributed by atoms with Crippen LogP contribution in [0.15, 0.2) is 55.6 Å². The second-order valence-corrected chi connectivity index (χ2v) is 11.5. The second-order valence-electron chi connectivity index (χ2n) is 11.5. The SMILES string of the molecule is C=CCN(C)C(=O)[C@@H]1[C@H]2C(=O)N([C@@H](CO)Cc3ccccc3)C(C(=O)N(CC=C)CCCC)C23CC[C@@]1(CC)O3. The van der Waals surface area contributed by atoms with Gasteiger partial charge in [-0.1, -0.05) is 62.8 Å². The van der Waals surface area contributed by atoms with E-state index in [1.165, 1.54) is 0 Å². The number of rotatable bonds is 14. The van der Waals surface area contributed by atoms with Gasteiger partial charge in [0, 0.05) is 26.7 Å². The lowest BCUT2D eigenvalue weighted by Gasteiger charge is -2.39. The zero-order chi connectivity index (χ0) is 29.1. The molecule has 0 aromatic heterocycles. The Morgan fingerprint density at radius 2 is 1.85 bits per heavy atom. The third-order valence-electron chi connectivity index (χ3n) is 9.26. The van der Waals surface area contributed by atoms with Crippen LogP contribution in [-0.2, 0) is 25.5 Å². The summed E-state index contributed by atoms with van der Waals surface area (Å²) in [5.41, 5.74) is -0.981. The van der Waals surface area contributed by atoms with Gasteiger partial charge in [-0.15, -0.1) is 13.2 Å². The molecule has 1 aromatic rings. The van der Waals surface area contributed by atoms with Crippen molar-refractivity contribution in [2.24, 2.45) is 11.8 Å². The zero-order valence-corrected chi connectivity index (χ0v) is 24.3. The first-order valence-corrected chi connectivity index (χ1v) is 14.7. The van der Waals surface area contributed by atoms with Crippen LogP contribution < -0.4 is 0 Å². The number of hydrogen-bond donors (Lipinski definition) is 1. The monoisotopic (exact) mass is 551 g/mol. The summed E-state index contributed by atoms with van der Waals surface area (Å²) in [5.74, 6) is -2.13. The van der Waals surface area contributed by atoms with Crippen LogP contribution in [0.2, 0.25) is 0 Å². The van der Waals surface area contributed by atoms with Crippen LogP contribution >= 0.6 is 0 Å². The van der Waals surface area contributed by atoms with E-state index in [1.54, 1.807) is 33.9 Å². The van der Waals surface area contributed by atoms with Crippen molar-refractivity contribution in [2.75, 3.05) is 33.3 Å². The summed E-state index contributed by atoms with van der Waals surface area (Å²) in [4.78, 5) is 48.0. The number of nitrogens with zero attached hydrogens (tertiary/aromatic N) is 3. The molecule has 0 aliphatic carbocycles. The van der Waals surface area contributed by atoms with E-state index in [1.807, 2.05) is 37.3 Å². The number of likely N-dealkylation sites (tertiary alicyclic amines) is 1. The fraction of sp³-hybridized carbons (Fsp3) is 0.594. The fourth-order valence-corrected chi connectivity index (χ4v) is 7.33. The summed E-state index contributed by atoms with van der Waals surface area (Å²) in [6.07, 6.45) is 7.17. The Balaban J connectivity index is 1.83. The van der Waals surface area contributed by atoms with Gasteiger partial charge in [0.05, 0.1) is 30.1 Å². The average molecular weight is 552 g/mol. The van der Waals surface area contributed by atoms with Crippen molar-refractivity contribution >= 4 is 17.7 Å². The van der Waals surface area contributed by atoms with E-state index in [0.717, 1.165) is 18.4 Å². The highest BCUT2D eigenvalue weighted by molar-refractivity contribution is 5.99. The Bertz CT molecular complexity index is 1110. The maximum absolute atomic E-state index is 14.6. The second kappa shape index (κ2) is 12.3. The number of ether oxygens (including phenoxy) is 1. The molecule has 3 amide bonds. The van der Waals surface area contributed by atoms with E-state index in [2.05, 4.69) is 20.1 Å². The molecule has 3 heterocycles. The molecular weight excluding hydrogens is 506 g/mol. The molecule has 1 aromatic carbocycles. The maximum Gasteiger partial charge on any atom is 0.248 e. The lowest BCUT2D eigenvalue weighted by Crippen LogP contribution is -2.59. The van der Waals surface area contributed by atoms with E-state index in [4.69, 9.17) is 4.74 Å².